The first kappa shape index (κ1) is 18.4. The first-order valence-electron chi connectivity index (χ1n) is 8.44. The fourth-order valence-electron chi connectivity index (χ4n) is 2.53. The van der Waals surface area contributed by atoms with Gasteiger partial charge in [-0.25, -0.2) is 19.7 Å². The quantitative estimate of drug-likeness (QED) is 0.718. The Labute approximate surface area is 157 Å². The van der Waals surface area contributed by atoms with Gasteiger partial charge in [0.25, 0.3) is 0 Å². The lowest BCUT2D eigenvalue weighted by Gasteiger charge is -2.10. The van der Waals surface area contributed by atoms with Crippen LogP contribution >= 0.6 is 0 Å². The number of pyridine rings is 1. The lowest BCUT2D eigenvalue weighted by molar-refractivity contribution is 0.250. The van der Waals surface area contributed by atoms with E-state index in [1.165, 1.54) is 6.20 Å². The minimum absolute atomic E-state index is 0.0215. The minimum atomic E-state index is -0.338. The summed E-state index contributed by atoms with van der Waals surface area (Å²) in [5.74, 6) is 1.59. The van der Waals surface area contributed by atoms with Gasteiger partial charge in [-0.15, -0.1) is 0 Å². The highest BCUT2D eigenvalue weighted by molar-refractivity contribution is 5.89. The van der Waals surface area contributed by atoms with Crippen molar-refractivity contribution in [3.63, 3.8) is 0 Å². The molecule has 3 rings (SSSR count). The standard InChI is InChI=1S/C19H21N5O3/c1-11(2)21-19(25)24-17-10-20-14-7-6-13(22-18(14)23-17)12-5-8-15(26-3)16(9-12)27-4/h5-11H,1-4H3,(H2,21,22,23,24,25). The Bertz CT molecular complexity index is 975. The number of hydrogen-bond acceptors (Lipinski definition) is 6. The highest BCUT2D eigenvalue weighted by Crippen LogP contribution is 2.32. The number of rotatable bonds is 5. The second-order valence-electron chi connectivity index (χ2n) is 6.12. The van der Waals surface area contributed by atoms with E-state index in [9.17, 15) is 4.79 Å². The Kier molecular flexibility index (Phi) is 5.35. The van der Waals surface area contributed by atoms with Crippen molar-refractivity contribution in [3.05, 3.63) is 36.5 Å². The maximum atomic E-state index is 11.8. The Balaban J connectivity index is 1.93. The summed E-state index contributed by atoms with van der Waals surface area (Å²) in [6.07, 6.45) is 1.50. The molecule has 2 aromatic heterocycles. The maximum absolute atomic E-state index is 11.8. The van der Waals surface area contributed by atoms with Gasteiger partial charge in [0.05, 0.1) is 26.1 Å². The van der Waals surface area contributed by atoms with Crippen molar-refractivity contribution < 1.29 is 14.3 Å². The van der Waals surface area contributed by atoms with Gasteiger partial charge < -0.3 is 14.8 Å². The number of carbonyl (C=O) groups excluding carboxylic acids is 1. The van der Waals surface area contributed by atoms with Crippen molar-refractivity contribution in [1.82, 2.24) is 20.3 Å². The van der Waals surface area contributed by atoms with Gasteiger partial charge in [-0.1, -0.05) is 0 Å². The normalized spacial score (nSPS) is 10.7. The third-order valence-electron chi connectivity index (χ3n) is 3.75. The summed E-state index contributed by atoms with van der Waals surface area (Å²) >= 11 is 0. The first-order valence-corrected chi connectivity index (χ1v) is 8.44. The Morgan fingerprint density at radius 3 is 2.52 bits per heavy atom. The van der Waals surface area contributed by atoms with E-state index in [1.807, 2.05) is 44.2 Å². The number of carbonyl (C=O) groups is 1. The molecular formula is C19H21N5O3. The van der Waals surface area contributed by atoms with Gasteiger partial charge in [0.1, 0.15) is 5.52 Å². The number of hydrogen-bond donors (Lipinski definition) is 2. The topological polar surface area (TPSA) is 98.3 Å². The molecule has 0 saturated carbocycles. The summed E-state index contributed by atoms with van der Waals surface area (Å²) < 4.78 is 10.6. The predicted molar refractivity (Wildman–Crippen MR) is 103 cm³/mol. The molecule has 27 heavy (non-hydrogen) atoms. The zero-order valence-corrected chi connectivity index (χ0v) is 15.6. The molecule has 0 unspecified atom stereocenters. The molecule has 0 spiro atoms. The van der Waals surface area contributed by atoms with Crippen LogP contribution in [0, 0.1) is 0 Å². The molecule has 0 saturated heterocycles. The number of nitrogens with one attached hydrogen (secondary N) is 2. The van der Waals surface area contributed by atoms with Gasteiger partial charge in [-0.05, 0) is 44.2 Å². The molecule has 8 heteroatoms. The maximum Gasteiger partial charge on any atom is 0.320 e. The zero-order chi connectivity index (χ0) is 19.4. The van der Waals surface area contributed by atoms with Gasteiger partial charge in [-0.3, -0.25) is 5.32 Å². The number of aromatic nitrogens is 3. The SMILES string of the molecule is COc1ccc(-c2ccc3ncc(NC(=O)NC(C)C)nc3n2)cc1OC. The number of benzene rings is 1. The third kappa shape index (κ3) is 4.22. The van der Waals surface area contributed by atoms with Crippen LogP contribution in [0.4, 0.5) is 10.6 Å². The molecular weight excluding hydrogens is 346 g/mol. The first-order chi connectivity index (χ1) is 13.0. The molecule has 1 aromatic carbocycles. The molecule has 0 fully saturated rings. The molecule has 3 aromatic rings. The second-order valence-corrected chi connectivity index (χ2v) is 6.12. The molecule has 0 aliphatic carbocycles. The fraction of sp³-hybridized carbons (Fsp3) is 0.263. The van der Waals surface area contributed by atoms with Crippen LogP contribution in [0.3, 0.4) is 0 Å². The number of ether oxygens (including phenoxy) is 2. The van der Waals surface area contributed by atoms with E-state index in [0.717, 1.165) is 5.56 Å². The summed E-state index contributed by atoms with van der Waals surface area (Å²) in [6.45, 7) is 3.76. The molecule has 0 bridgehead atoms. The van der Waals surface area contributed by atoms with Crippen molar-refractivity contribution in [3.8, 4) is 22.8 Å². The van der Waals surface area contributed by atoms with Crippen molar-refractivity contribution >= 4 is 23.0 Å². The molecule has 0 radical (unpaired) electrons. The van der Waals surface area contributed by atoms with Crippen molar-refractivity contribution in [2.45, 2.75) is 19.9 Å². The van der Waals surface area contributed by atoms with Crippen LogP contribution in [0.2, 0.25) is 0 Å². The summed E-state index contributed by atoms with van der Waals surface area (Å²) in [5, 5.41) is 5.39. The Morgan fingerprint density at radius 2 is 1.81 bits per heavy atom. The minimum Gasteiger partial charge on any atom is -0.493 e. The highest BCUT2D eigenvalue weighted by Gasteiger charge is 2.10. The zero-order valence-electron chi connectivity index (χ0n) is 15.6. The van der Waals surface area contributed by atoms with Gasteiger partial charge >= 0.3 is 6.03 Å². The van der Waals surface area contributed by atoms with Gasteiger partial charge in [0.2, 0.25) is 0 Å². The van der Waals surface area contributed by atoms with Crippen LogP contribution in [0.15, 0.2) is 36.5 Å². The van der Waals surface area contributed by atoms with Crippen LogP contribution in [0.25, 0.3) is 22.4 Å². The largest absolute Gasteiger partial charge is 0.493 e. The van der Waals surface area contributed by atoms with E-state index < -0.39 is 0 Å². The lowest BCUT2D eigenvalue weighted by Crippen LogP contribution is -2.34. The summed E-state index contributed by atoms with van der Waals surface area (Å²) in [4.78, 5) is 25.1. The number of methoxy groups -OCH3 is 2. The van der Waals surface area contributed by atoms with Crippen LogP contribution in [0.5, 0.6) is 11.5 Å². The number of anilines is 1. The van der Waals surface area contributed by atoms with E-state index in [1.54, 1.807) is 14.2 Å². The Hall–Kier alpha value is -3.42. The highest BCUT2D eigenvalue weighted by atomic mass is 16.5. The van der Waals surface area contributed by atoms with Gasteiger partial charge in [0, 0.05) is 11.6 Å². The average Bonchev–Trinajstić information content (AvgIpc) is 2.66. The van der Waals surface area contributed by atoms with E-state index in [-0.39, 0.29) is 12.1 Å². The van der Waals surface area contributed by atoms with E-state index in [4.69, 9.17) is 9.47 Å². The van der Waals surface area contributed by atoms with Crippen LogP contribution in [0.1, 0.15) is 13.8 Å². The number of urea groups is 1. The van der Waals surface area contributed by atoms with Gasteiger partial charge in [0.15, 0.2) is 23.0 Å². The smallest absolute Gasteiger partial charge is 0.320 e. The average molecular weight is 367 g/mol. The van der Waals surface area contributed by atoms with Crippen molar-refractivity contribution in [1.29, 1.82) is 0 Å². The third-order valence-corrected chi connectivity index (χ3v) is 3.75. The summed E-state index contributed by atoms with van der Waals surface area (Å²) in [5.41, 5.74) is 2.63. The number of fused-ring (bicyclic) bond motifs is 1. The van der Waals surface area contributed by atoms with E-state index >= 15 is 0 Å². The molecule has 2 N–H and O–H groups in total. The van der Waals surface area contributed by atoms with Crippen LogP contribution in [-0.2, 0) is 0 Å². The number of nitrogens with zero attached hydrogens (tertiary/aromatic N) is 3. The van der Waals surface area contributed by atoms with Crippen molar-refractivity contribution in [2.24, 2.45) is 0 Å². The summed E-state index contributed by atoms with van der Waals surface area (Å²) in [6, 6.07) is 8.93. The van der Waals surface area contributed by atoms with E-state index in [0.29, 0.717) is 34.2 Å². The fourth-order valence-corrected chi connectivity index (χ4v) is 2.53. The molecule has 0 aliphatic heterocycles. The lowest BCUT2D eigenvalue weighted by atomic mass is 10.1. The predicted octanol–water partition coefficient (Wildman–Crippen LogP) is 3.24. The Morgan fingerprint density at radius 1 is 1.04 bits per heavy atom. The van der Waals surface area contributed by atoms with E-state index in [2.05, 4.69) is 25.6 Å². The molecule has 2 heterocycles. The summed E-state index contributed by atoms with van der Waals surface area (Å²) in [7, 11) is 3.17. The van der Waals surface area contributed by atoms with Crippen molar-refractivity contribution in [2.75, 3.05) is 19.5 Å². The van der Waals surface area contributed by atoms with Crippen LogP contribution in [-0.4, -0.2) is 41.2 Å². The van der Waals surface area contributed by atoms with Gasteiger partial charge in [-0.2, -0.15) is 0 Å². The monoisotopic (exact) mass is 367 g/mol. The molecule has 0 aliphatic rings. The number of amides is 2. The second kappa shape index (κ2) is 7.86. The van der Waals surface area contributed by atoms with Crippen LogP contribution < -0.4 is 20.1 Å². The molecule has 140 valence electrons. The molecule has 8 nitrogen and oxygen atoms in total. The molecule has 0 atom stereocenters. The molecule has 2 amide bonds.